The molecule has 0 aromatic carbocycles. The predicted molar refractivity (Wildman–Crippen MR) is 111 cm³/mol. The Balaban J connectivity index is 2.06. The molecule has 0 aromatic heterocycles. The smallest absolute Gasteiger partial charge is 0.394 e. The highest BCUT2D eigenvalue weighted by atomic mass is 31.2. The van der Waals surface area contributed by atoms with E-state index in [4.69, 9.17) is 34.6 Å². The number of phosphoric ester groups is 1. The summed E-state index contributed by atoms with van der Waals surface area (Å²) in [6.07, 6.45) is -16.5. The highest BCUT2D eigenvalue weighted by Gasteiger charge is 2.51. The van der Waals surface area contributed by atoms with Crippen LogP contribution in [0, 0.1) is 0 Å². The minimum absolute atomic E-state index is 0.0799. The fourth-order valence-electron chi connectivity index (χ4n) is 3.45. The van der Waals surface area contributed by atoms with Crippen molar-refractivity contribution in [3.05, 3.63) is 0 Å². The standard InChI is InChI=1S/C17H33N2O16P/c18-31-6-9(21)19-2-1-3-30-17-15(13(25)10(22)7(4-20)33-17)35-16-14(26)12(24)11(23)8(34-16)5-32-36(27,28)29/h7-8,10-17,20,22-26H,1-6,18H2,(H,19,21)(H2,27,28,29). The number of rotatable bonds is 13. The maximum atomic E-state index is 11.3. The van der Waals surface area contributed by atoms with Gasteiger partial charge < -0.3 is 64.7 Å². The lowest BCUT2D eigenvalue weighted by atomic mass is 9.97. The molecule has 0 bridgehead atoms. The molecule has 2 saturated heterocycles. The van der Waals surface area contributed by atoms with Crippen molar-refractivity contribution in [2.75, 3.05) is 33.0 Å². The summed E-state index contributed by atoms with van der Waals surface area (Å²) in [5, 5.41) is 63.1. The van der Waals surface area contributed by atoms with Crippen LogP contribution in [0.4, 0.5) is 0 Å². The normalized spacial score (nSPS) is 37.6. The first kappa shape index (κ1) is 31.3. The van der Waals surface area contributed by atoms with Crippen LogP contribution in [-0.4, -0.2) is 141 Å². The Hall–Kier alpha value is -0.900. The van der Waals surface area contributed by atoms with Gasteiger partial charge in [0.15, 0.2) is 12.6 Å². The number of amides is 1. The molecule has 0 spiro atoms. The van der Waals surface area contributed by atoms with Gasteiger partial charge in [0.05, 0.1) is 19.8 Å². The van der Waals surface area contributed by atoms with Crippen LogP contribution < -0.4 is 11.2 Å². The Bertz CT molecular complexity index is 729. The van der Waals surface area contributed by atoms with E-state index in [0.29, 0.717) is 0 Å². The van der Waals surface area contributed by atoms with Gasteiger partial charge >= 0.3 is 7.82 Å². The first-order chi connectivity index (χ1) is 16.9. The molecular formula is C17H33N2O16P. The van der Waals surface area contributed by atoms with E-state index < -0.39 is 88.4 Å². The fraction of sp³-hybridized carbons (Fsp3) is 0.941. The van der Waals surface area contributed by atoms with E-state index in [9.17, 15) is 40.0 Å². The quantitative estimate of drug-likeness (QED) is 0.0578. The molecule has 212 valence electrons. The minimum Gasteiger partial charge on any atom is -0.394 e. The number of hydrogen-bond donors (Lipinski definition) is 10. The van der Waals surface area contributed by atoms with Gasteiger partial charge in [0.1, 0.15) is 55.4 Å². The molecule has 2 aliphatic heterocycles. The first-order valence-corrected chi connectivity index (χ1v) is 12.3. The van der Waals surface area contributed by atoms with Crippen molar-refractivity contribution in [3.63, 3.8) is 0 Å². The van der Waals surface area contributed by atoms with Crippen LogP contribution in [0.2, 0.25) is 0 Å². The molecule has 2 heterocycles. The van der Waals surface area contributed by atoms with Crippen molar-refractivity contribution in [1.82, 2.24) is 5.32 Å². The number of phosphoric acid groups is 1. The minimum atomic E-state index is -4.97. The van der Waals surface area contributed by atoms with E-state index in [-0.39, 0.29) is 26.2 Å². The molecule has 1 amide bonds. The second-order valence-electron chi connectivity index (χ2n) is 7.99. The van der Waals surface area contributed by atoms with E-state index in [2.05, 4.69) is 14.7 Å². The maximum absolute atomic E-state index is 11.3. The largest absolute Gasteiger partial charge is 0.469 e. The van der Waals surface area contributed by atoms with Crippen molar-refractivity contribution in [2.45, 2.75) is 67.8 Å². The number of aliphatic hydroxyl groups excluding tert-OH is 6. The lowest BCUT2D eigenvalue weighted by molar-refractivity contribution is -0.367. The SMILES string of the molecule is NOCC(=O)NCCCOC1OC(CO)C(O)C(O)C1OC1OC(COP(=O)(O)O)C(O)C(O)C1O. The van der Waals surface area contributed by atoms with Gasteiger partial charge in [0.25, 0.3) is 0 Å². The maximum Gasteiger partial charge on any atom is 0.469 e. The fourth-order valence-corrected chi connectivity index (χ4v) is 3.79. The summed E-state index contributed by atoms with van der Waals surface area (Å²) in [5.74, 6) is 4.31. The number of aliphatic hydroxyl groups is 6. The molecular weight excluding hydrogens is 519 g/mol. The summed E-state index contributed by atoms with van der Waals surface area (Å²) in [4.78, 5) is 33.2. The Morgan fingerprint density at radius 1 is 0.944 bits per heavy atom. The number of carbonyl (C=O) groups excluding carboxylic acids is 1. The highest BCUT2D eigenvalue weighted by Crippen LogP contribution is 2.37. The Kier molecular flexibility index (Phi) is 12.4. The molecule has 0 saturated carbocycles. The molecule has 0 aromatic rings. The van der Waals surface area contributed by atoms with Gasteiger partial charge in [-0.1, -0.05) is 0 Å². The Labute approximate surface area is 204 Å². The molecule has 18 nitrogen and oxygen atoms in total. The molecule has 10 unspecified atom stereocenters. The molecule has 0 radical (unpaired) electrons. The average molecular weight is 552 g/mol. The van der Waals surface area contributed by atoms with Crippen molar-refractivity contribution >= 4 is 13.7 Å². The summed E-state index contributed by atoms with van der Waals surface area (Å²) in [7, 11) is -4.97. The number of carbonyl (C=O) groups is 1. The van der Waals surface area contributed by atoms with Crippen molar-refractivity contribution < 1.29 is 78.1 Å². The number of hydrogen-bond acceptors (Lipinski definition) is 15. The molecule has 2 aliphatic rings. The molecule has 19 heteroatoms. The molecule has 11 N–H and O–H groups in total. The summed E-state index contributed by atoms with van der Waals surface area (Å²) in [5.41, 5.74) is 0. The number of ether oxygens (including phenoxy) is 4. The zero-order valence-corrected chi connectivity index (χ0v) is 19.8. The topological polar surface area (TPSA) is 289 Å². The zero-order chi connectivity index (χ0) is 27.0. The summed E-state index contributed by atoms with van der Waals surface area (Å²) in [6.45, 7) is -1.88. The van der Waals surface area contributed by atoms with Crippen LogP contribution in [0.1, 0.15) is 6.42 Å². The zero-order valence-electron chi connectivity index (χ0n) is 18.9. The van der Waals surface area contributed by atoms with Crippen LogP contribution in [0.5, 0.6) is 0 Å². The molecule has 0 aliphatic carbocycles. The molecule has 36 heavy (non-hydrogen) atoms. The van der Waals surface area contributed by atoms with Crippen molar-refractivity contribution in [2.24, 2.45) is 5.90 Å². The second kappa shape index (κ2) is 14.3. The Morgan fingerprint density at radius 2 is 1.58 bits per heavy atom. The lowest BCUT2D eigenvalue weighted by Crippen LogP contribution is -2.64. The van der Waals surface area contributed by atoms with Crippen LogP contribution in [0.3, 0.4) is 0 Å². The van der Waals surface area contributed by atoms with Crippen molar-refractivity contribution in [1.29, 1.82) is 0 Å². The summed E-state index contributed by atoms with van der Waals surface area (Å²) in [6, 6.07) is 0. The van der Waals surface area contributed by atoms with Crippen molar-refractivity contribution in [3.8, 4) is 0 Å². The third kappa shape index (κ3) is 8.84. The van der Waals surface area contributed by atoms with Crippen LogP contribution in [-0.2, 0) is 37.7 Å². The third-order valence-corrected chi connectivity index (χ3v) is 5.82. The van der Waals surface area contributed by atoms with E-state index in [0.717, 1.165) is 0 Å². The van der Waals surface area contributed by atoms with E-state index in [1.807, 2.05) is 0 Å². The Morgan fingerprint density at radius 3 is 2.19 bits per heavy atom. The van der Waals surface area contributed by atoms with Gasteiger partial charge in [-0.15, -0.1) is 0 Å². The summed E-state index contributed by atoms with van der Waals surface area (Å²) < 4.78 is 37.0. The number of nitrogens with two attached hydrogens (primary N) is 1. The van der Waals surface area contributed by atoms with Gasteiger partial charge in [0.2, 0.25) is 5.91 Å². The first-order valence-electron chi connectivity index (χ1n) is 10.8. The van der Waals surface area contributed by atoms with Crippen LogP contribution in [0.15, 0.2) is 0 Å². The van der Waals surface area contributed by atoms with Crippen LogP contribution >= 0.6 is 7.82 Å². The van der Waals surface area contributed by atoms with Gasteiger partial charge in [0, 0.05) is 6.54 Å². The lowest BCUT2D eigenvalue weighted by Gasteiger charge is -2.46. The van der Waals surface area contributed by atoms with Gasteiger partial charge in [-0.2, -0.15) is 0 Å². The van der Waals surface area contributed by atoms with E-state index in [1.165, 1.54) is 0 Å². The predicted octanol–water partition coefficient (Wildman–Crippen LogP) is -5.86. The van der Waals surface area contributed by atoms with Gasteiger partial charge in [-0.25, -0.2) is 10.5 Å². The second-order valence-corrected chi connectivity index (χ2v) is 9.23. The molecule has 2 fully saturated rings. The van der Waals surface area contributed by atoms with E-state index in [1.54, 1.807) is 0 Å². The molecule has 2 rings (SSSR count). The van der Waals surface area contributed by atoms with Gasteiger partial charge in [-0.3, -0.25) is 14.2 Å². The molecule has 10 atom stereocenters. The average Bonchev–Trinajstić information content (AvgIpc) is 2.81. The number of nitrogens with one attached hydrogen (secondary N) is 1. The highest BCUT2D eigenvalue weighted by molar-refractivity contribution is 7.46. The van der Waals surface area contributed by atoms with E-state index >= 15 is 0 Å². The monoisotopic (exact) mass is 552 g/mol. The van der Waals surface area contributed by atoms with Gasteiger partial charge in [-0.05, 0) is 6.42 Å². The third-order valence-electron chi connectivity index (χ3n) is 5.33. The summed E-state index contributed by atoms with van der Waals surface area (Å²) >= 11 is 0. The van der Waals surface area contributed by atoms with Crippen LogP contribution in [0.25, 0.3) is 0 Å².